The SMILES string of the molecule is CCOC(C)(C)OC(c1ccc(C(C)CC)cc1)(C(F)(F)F)C(F)(F)F. The molecule has 150 valence electrons. The lowest BCUT2D eigenvalue weighted by Gasteiger charge is -2.42. The van der Waals surface area contributed by atoms with Gasteiger partial charge < -0.3 is 9.47 Å². The molecule has 1 rings (SSSR count). The van der Waals surface area contributed by atoms with E-state index in [1.807, 2.05) is 13.8 Å². The first-order valence-corrected chi connectivity index (χ1v) is 8.29. The highest BCUT2D eigenvalue weighted by Crippen LogP contribution is 2.54. The molecule has 0 N–H and O–H groups in total. The quantitative estimate of drug-likeness (QED) is 0.404. The molecule has 1 atom stereocenters. The molecule has 26 heavy (non-hydrogen) atoms. The lowest BCUT2D eigenvalue weighted by molar-refractivity contribution is -0.435. The van der Waals surface area contributed by atoms with Crippen LogP contribution in [0.25, 0.3) is 0 Å². The van der Waals surface area contributed by atoms with Gasteiger partial charge in [0, 0.05) is 12.2 Å². The van der Waals surface area contributed by atoms with Crippen molar-refractivity contribution in [2.45, 2.75) is 70.7 Å². The highest BCUT2D eigenvalue weighted by Gasteiger charge is 2.74. The van der Waals surface area contributed by atoms with E-state index in [9.17, 15) is 26.3 Å². The van der Waals surface area contributed by atoms with Gasteiger partial charge in [-0.1, -0.05) is 38.1 Å². The van der Waals surface area contributed by atoms with Crippen LogP contribution in [0.5, 0.6) is 0 Å². The van der Waals surface area contributed by atoms with Crippen molar-refractivity contribution in [1.29, 1.82) is 0 Å². The van der Waals surface area contributed by atoms with E-state index in [1.54, 1.807) is 0 Å². The van der Waals surface area contributed by atoms with Gasteiger partial charge in [0.05, 0.1) is 0 Å². The summed E-state index contributed by atoms with van der Waals surface area (Å²) in [4.78, 5) is 0. The summed E-state index contributed by atoms with van der Waals surface area (Å²) in [5.41, 5.74) is -4.87. The largest absolute Gasteiger partial charge is 0.430 e. The Bertz CT molecular complexity index is 561. The van der Waals surface area contributed by atoms with Crippen LogP contribution in [-0.2, 0) is 15.1 Å². The average Bonchev–Trinajstić information content (AvgIpc) is 2.49. The Kier molecular flexibility index (Phi) is 6.79. The molecule has 0 aliphatic heterocycles. The number of halogens is 6. The normalized spacial score (nSPS) is 15.2. The average molecular weight is 386 g/mol. The molecule has 0 saturated heterocycles. The van der Waals surface area contributed by atoms with Crippen molar-refractivity contribution >= 4 is 0 Å². The van der Waals surface area contributed by atoms with Crippen LogP contribution in [0, 0.1) is 0 Å². The summed E-state index contributed by atoms with van der Waals surface area (Å²) in [5.74, 6) is -2.09. The Morgan fingerprint density at radius 3 is 1.69 bits per heavy atom. The maximum atomic E-state index is 13.8. The molecule has 0 bridgehead atoms. The summed E-state index contributed by atoms with van der Waals surface area (Å²) in [7, 11) is 0. The number of ether oxygens (including phenoxy) is 2. The molecule has 0 saturated carbocycles. The zero-order chi connectivity index (χ0) is 20.4. The number of hydrogen-bond acceptors (Lipinski definition) is 2. The predicted octanol–water partition coefficient (Wildman–Crippen LogP) is 6.31. The van der Waals surface area contributed by atoms with E-state index in [2.05, 4.69) is 4.74 Å². The molecule has 0 amide bonds. The van der Waals surface area contributed by atoms with Crippen molar-refractivity contribution in [3.63, 3.8) is 0 Å². The summed E-state index contributed by atoms with van der Waals surface area (Å²) in [6.07, 6.45) is -10.8. The van der Waals surface area contributed by atoms with Gasteiger partial charge in [0.25, 0.3) is 5.60 Å². The zero-order valence-corrected chi connectivity index (χ0v) is 15.4. The Morgan fingerprint density at radius 2 is 1.35 bits per heavy atom. The fraction of sp³-hybridized carbons (Fsp3) is 0.667. The zero-order valence-electron chi connectivity index (χ0n) is 15.4. The maximum Gasteiger partial charge on any atom is 0.430 e. The van der Waals surface area contributed by atoms with E-state index in [4.69, 9.17) is 4.74 Å². The van der Waals surface area contributed by atoms with Gasteiger partial charge in [-0.05, 0) is 38.7 Å². The van der Waals surface area contributed by atoms with E-state index < -0.39 is 29.3 Å². The molecule has 0 aromatic heterocycles. The summed E-state index contributed by atoms with van der Waals surface area (Å²) in [5, 5.41) is 0. The minimum Gasteiger partial charge on any atom is -0.351 e. The topological polar surface area (TPSA) is 18.5 Å². The van der Waals surface area contributed by atoms with Crippen molar-refractivity contribution < 1.29 is 35.8 Å². The second-order valence-electron chi connectivity index (χ2n) is 6.54. The van der Waals surface area contributed by atoms with Gasteiger partial charge in [-0.3, -0.25) is 0 Å². The number of hydrogen-bond donors (Lipinski definition) is 0. The number of alkyl halides is 6. The first-order chi connectivity index (χ1) is 11.7. The molecule has 8 heteroatoms. The fourth-order valence-corrected chi connectivity index (χ4v) is 2.69. The molecule has 2 nitrogen and oxygen atoms in total. The van der Waals surface area contributed by atoms with Crippen LogP contribution in [-0.4, -0.2) is 24.7 Å². The first-order valence-electron chi connectivity index (χ1n) is 8.29. The third-order valence-corrected chi connectivity index (χ3v) is 4.19. The van der Waals surface area contributed by atoms with Crippen molar-refractivity contribution in [3.05, 3.63) is 35.4 Å². The van der Waals surface area contributed by atoms with Gasteiger partial charge in [-0.25, -0.2) is 0 Å². The first kappa shape index (κ1) is 22.8. The summed E-state index contributed by atoms with van der Waals surface area (Å²) in [6, 6.07) is 4.19. The Labute approximate surface area is 149 Å². The molecule has 1 aromatic carbocycles. The van der Waals surface area contributed by atoms with Crippen LogP contribution in [0.2, 0.25) is 0 Å². The minimum atomic E-state index is -5.74. The van der Waals surface area contributed by atoms with Gasteiger partial charge >= 0.3 is 12.4 Å². The maximum absolute atomic E-state index is 13.8. The van der Waals surface area contributed by atoms with Gasteiger partial charge in [0.2, 0.25) is 0 Å². The molecule has 0 spiro atoms. The van der Waals surface area contributed by atoms with Crippen molar-refractivity contribution in [2.75, 3.05) is 6.61 Å². The molecule has 0 aliphatic carbocycles. The molecule has 1 aromatic rings. The Hall–Kier alpha value is -1.28. The molecular formula is C18H24F6O2. The summed E-state index contributed by atoms with van der Waals surface area (Å²) >= 11 is 0. The Morgan fingerprint density at radius 1 is 0.885 bits per heavy atom. The van der Waals surface area contributed by atoms with Crippen LogP contribution < -0.4 is 0 Å². The number of benzene rings is 1. The van der Waals surface area contributed by atoms with Crippen LogP contribution in [0.3, 0.4) is 0 Å². The smallest absolute Gasteiger partial charge is 0.351 e. The Balaban J connectivity index is 3.58. The van der Waals surface area contributed by atoms with Crippen LogP contribution in [0.15, 0.2) is 24.3 Å². The van der Waals surface area contributed by atoms with Crippen LogP contribution in [0.4, 0.5) is 26.3 Å². The molecule has 0 radical (unpaired) electrons. The summed E-state index contributed by atoms with van der Waals surface area (Å²) in [6.45, 7) is 7.11. The molecule has 0 heterocycles. The van der Waals surface area contributed by atoms with Crippen molar-refractivity contribution in [1.82, 2.24) is 0 Å². The van der Waals surface area contributed by atoms with Crippen molar-refractivity contribution in [3.8, 4) is 0 Å². The lowest BCUT2D eigenvalue weighted by Crippen LogP contribution is -2.59. The second-order valence-corrected chi connectivity index (χ2v) is 6.54. The van der Waals surface area contributed by atoms with Gasteiger partial charge in [0.1, 0.15) is 0 Å². The van der Waals surface area contributed by atoms with Crippen LogP contribution >= 0.6 is 0 Å². The van der Waals surface area contributed by atoms with E-state index in [0.29, 0.717) is 12.0 Å². The van der Waals surface area contributed by atoms with E-state index in [-0.39, 0.29) is 12.5 Å². The van der Waals surface area contributed by atoms with Crippen LogP contribution in [0.1, 0.15) is 58.1 Å². The fourth-order valence-electron chi connectivity index (χ4n) is 2.69. The molecule has 0 fully saturated rings. The standard InChI is InChI=1S/C18H24F6O2/c1-6-12(3)13-8-10-14(11-9-13)16(17(19,20)21,18(22,23)24)26-15(4,5)25-7-2/h8-12H,6-7H2,1-5H3. The van der Waals surface area contributed by atoms with E-state index in [1.165, 1.54) is 19.1 Å². The monoisotopic (exact) mass is 386 g/mol. The second kappa shape index (κ2) is 7.76. The highest BCUT2D eigenvalue weighted by molar-refractivity contribution is 5.32. The molecule has 0 aliphatic rings. The van der Waals surface area contributed by atoms with Gasteiger partial charge in [-0.2, -0.15) is 26.3 Å². The van der Waals surface area contributed by atoms with Gasteiger partial charge in [0.15, 0.2) is 5.79 Å². The third kappa shape index (κ3) is 4.52. The predicted molar refractivity (Wildman–Crippen MR) is 85.7 cm³/mol. The summed E-state index contributed by atoms with van der Waals surface area (Å²) < 4.78 is 92.1. The minimum absolute atomic E-state index is 0.0102. The lowest BCUT2D eigenvalue weighted by atomic mass is 9.88. The molecular weight excluding hydrogens is 362 g/mol. The van der Waals surface area contributed by atoms with Gasteiger partial charge in [-0.15, -0.1) is 0 Å². The van der Waals surface area contributed by atoms with Crippen molar-refractivity contribution in [2.24, 2.45) is 0 Å². The van der Waals surface area contributed by atoms with E-state index >= 15 is 0 Å². The number of rotatable bonds is 7. The van der Waals surface area contributed by atoms with E-state index in [0.717, 1.165) is 26.0 Å². The highest BCUT2D eigenvalue weighted by atomic mass is 19.4. The molecule has 1 unspecified atom stereocenters. The third-order valence-electron chi connectivity index (χ3n) is 4.19.